The highest BCUT2D eigenvalue weighted by Crippen LogP contribution is 2.40. The van der Waals surface area contributed by atoms with E-state index in [1.165, 1.54) is 11.6 Å². The van der Waals surface area contributed by atoms with Crippen LogP contribution in [-0.4, -0.2) is 40.6 Å². The van der Waals surface area contributed by atoms with Crippen molar-refractivity contribution in [3.05, 3.63) is 89.5 Å². The number of phenols is 1. The number of anilines is 1. The Kier molecular flexibility index (Phi) is 11.6. The zero-order valence-electron chi connectivity index (χ0n) is 29.5. The number of phenolic OH excluding ortho intramolecular Hbond substituents is 1. The van der Waals surface area contributed by atoms with Gasteiger partial charge in [-0.3, -0.25) is 14.4 Å². The first-order valence-corrected chi connectivity index (χ1v) is 16.9. The highest BCUT2D eigenvalue weighted by Gasteiger charge is 2.29. The van der Waals surface area contributed by atoms with Crippen molar-refractivity contribution in [2.45, 2.75) is 91.1 Å². The van der Waals surface area contributed by atoms with E-state index in [1.54, 1.807) is 48.5 Å². The van der Waals surface area contributed by atoms with Crippen LogP contribution in [0.3, 0.4) is 0 Å². The molecule has 9 heteroatoms. The summed E-state index contributed by atoms with van der Waals surface area (Å²) in [5.41, 5.74) is 2.72. The Morgan fingerprint density at radius 1 is 0.816 bits per heavy atom. The third kappa shape index (κ3) is 8.71. The molecule has 0 aliphatic rings. The summed E-state index contributed by atoms with van der Waals surface area (Å²) in [5, 5.41) is 26.2. The van der Waals surface area contributed by atoms with Crippen LogP contribution in [-0.2, 0) is 20.4 Å². The minimum Gasteiger partial charge on any atom is -0.506 e. The van der Waals surface area contributed by atoms with E-state index >= 15 is 0 Å². The molecule has 4 aromatic rings. The molecule has 4 rings (SSSR count). The Hall–Kier alpha value is -5.05. The monoisotopic (exact) mass is 668 g/mol. The van der Waals surface area contributed by atoms with Crippen molar-refractivity contribution in [2.24, 2.45) is 0 Å². The molecule has 0 saturated heterocycles. The predicted octanol–water partition coefficient (Wildman–Crippen LogP) is 8.71. The Labute approximate surface area is 288 Å². The van der Waals surface area contributed by atoms with Crippen molar-refractivity contribution in [1.82, 2.24) is 5.32 Å². The number of carboxylic acids is 1. The number of benzene rings is 4. The molecule has 0 aliphatic carbocycles. The number of amides is 2. The van der Waals surface area contributed by atoms with Crippen molar-refractivity contribution in [3.63, 3.8) is 0 Å². The van der Waals surface area contributed by atoms with Crippen LogP contribution < -0.4 is 20.1 Å². The molecular weight excluding hydrogens is 620 g/mol. The highest BCUT2D eigenvalue weighted by molar-refractivity contribution is 6.06. The minimum absolute atomic E-state index is 0.0180. The van der Waals surface area contributed by atoms with Crippen LogP contribution in [0.15, 0.2) is 72.8 Å². The molecule has 1 atom stereocenters. The van der Waals surface area contributed by atoms with Gasteiger partial charge in [0.1, 0.15) is 23.0 Å². The number of hydrogen-bond acceptors (Lipinski definition) is 6. The molecule has 2 amide bonds. The third-order valence-electron chi connectivity index (χ3n) is 9.39. The van der Waals surface area contributed by atoms with Crippen LogP contribution in [0.1, 0.15) is 95.6 Å². The Bertz CT molecular complexity index is 1810. The first-order chi connectivity index (χ1) is 23.2. The molecule has 0 radical (unpaired) electrons. The van der Waals surface area contributed by atoms with Crippen molar-refractivity contribution >= 4 is 34.2 Å². The Morgan fingerprint density at radius 3 is 2.08 bits per heavy atom. The lowest BCUT2D eigenvalue weighted by molar-refractivity contribution is -0.136. The number of fused-ring (bicyclic) bond motifs is 1. The fourth-order valence-electron chi connectivity index (χ4n) is 5.37. The highest BCUT2D eigenvalue weighted by atomic mass is 16.5. The molecule has 1 unspecified atom stereocenters. The van der Waals surface area contributed by atoms with Gasteiger partial charge in [-0.25, -0.2) is 0 Å². The fraction of sp³-hybridized carbons (Fsp3) is 0.375. The van der Waals surface area contributed by atoms with Gasteiger partial charge < -0.3 is 30.3 Å². The standard InChI is InChI=1S/C40H48N2O7/c1-8-32(49-33-20-15-25(39(4,5)9-2)23-31(33)40(6,7)10-3)38(47)42-26-16-18-27(19-17-26)48-34-24-30(37(46)41-22-21-35(43)44)36(45)29-14-12-11-13-28(29)34/h11-20,23-24,32,45H,8-10,21-22H2,1-7H3,(H,41,46)(H,42,47)(H,43,44). The van der Waals surface area contributed by atoms with Gasteiger partial charge in [-0.15, -0.1) is 0 Å². The Morgan fingerprint density at radius 2 is 1.47 bits per heavy atom. The topological polar surface area (TPSA) is 134 Å². The lowest BCUT2D eigenvalue weighted by Crippen LogP contribution is -2.33. The summed E-state index contributed by atoms with van der Waals surface area (Å²) >= 11 is 0. The second-order valence-corrected chi connectivity index (χ2v) is 13.5. The number of hydrogen-bond donors (Lipinski definition) is 4. The number of aromatic hydroxyl groups is 1. The van der Waals surface area contributed by atoms with Gasteiger partial charge in [-0.1, -0.05) is 84.9 Å². The van der Waals surface area contributed by atoms with Crippen molar-refractivity contribution < 1.29 is 34.1 Å². The zero-order chi connectivity index (χ0) is 35.9. The summed E-state index contributed by atoms with van der Waals surface area (Å²) in [4.78, 5) is 37.1. The number of carbonyl (C=O) groups is 3. The van der Waals surface area contributed by atoms with Gasteiger partial charge in [-0.2, -0.15) is 0 Å². The molecule has 0 aliphatic heterocycles. The molecule has 0 spiro atoms. The molecule has 9 nitrogen and oxygen atoms in total. The van der Waals surface area contributed by atoms with E-state index in [9.17, 15) is 19.5 Å². The molecule has 260 valence electrons. The maximum atomic E-state index is 13.5. The number of rotatable bonds is 15. The summed E-state index contributed by atoms with van der Waals surface area (Å²) in [6, 6.07) is 21.5. The molecule has 0 bridgehead atoms. The largest absolute Gasteiger partial charge is 0.506 e. The molecule has 49 heavy (non-hydrogen) atoms. The molecule has 0 fully saturated rings. The van der Waals surface area contributed by atoms with Crippen molar-refractivity contribution in [3.8, 4) is 23.0 Å². The van der Waals surface area contributed by atoms with Gasteiger partial charge in [0.25, 0.3) is 11.8 Å². The van der Waals surface area contributed by atoms with Gasteiger partial charge in [0.05, 0.1) is 12.0 Å². The van der Waals surface area contributed by atoms with Crippen LogP contribution in [0.25, 0.3) is 10.8 Å². The normalized spacial score (nSPS) is 12.3. The summed E-state index contributed by atoms with van der Waals surface area (Å²) in [7, 11) is 0. The number of nitrogens with one attached hydrogen (secondary N) is 2. The van der Waals surface area contributed by atoms with Gasteiger partial charge in [-0.05, 0) is 72.1 Å². The average Bonchev–Trinajstić information content (AvgIpc) is 3.08. The smallest absolute Gasteiger partial charge is 0.305 e. The molecule has 0 aromatic heterocycles. The summed E-state index contributed by atoms with van der Waals surface area (Å²) in [6.45, 7) is 15.0. The lowest BCUT2D eigenvalue weighted by Gasteiger charge is -2.31. The van der Waals surface area contributed by atoms with Gasteiger partial charge in [0, 0.05) is 28.6 Å². The van der Waals surface area contributed by atoms with Crippen LogP contribution in [0.5, 0.6) is 23.0 Å². The van der Waals surface area contributed by atoms with E-state index in [2.05, 4.69) is 64.3 Å². The van der Waals surface area contributed by atoms with Crippen LogP contribution in [0.4, 0.5) is 5.69 Å². The van der Waals surface area contributed by atoms with E-state index in [1.807, 2.05) is 13.0 Å². The molecule has 0 saturated carbocycles. The van der Waals surface area contributed by atoms with Crippen LogP contribution in [0, 0.1) is 0 Å². The molecular formula is C40H48N2O7. The predicted molar refractivity (Wildman–Crippen MR) is 193 cm³/mol. The number of carbonyl (C=O) groups excluding carboxylic acids is 2. The first-order valence-electron chi connectivity index (χ1n) is 16.9. The van der Waals surface area contributed by atoms with Crippen molar-refractivity contribution in [1.29, 1.82) is 0 Å². The maximum absolute atomic E-state index is 13.5. The Balaban J connectivity index is 1.52. The van der Waals surface area contributed by atoms with E-state index in [-0.39, 0.29) is 41.0 Å². The van der Waals surface area contributed by atoms with Crippen LogP contribution in [0.2, 0.25) is 0 Å². The quantitative estimate of drug-likeness (QED) is 0.0995. The first kappa shape index (κ1) is 36.8. The molecule has 0 heterocycles. The van der Waals surface area contributed by atoms with Gasteiger partial charge >= 0.3 is 5.97 Å². The molecule has 4 aromatic carbocycles. The summed E-state index contributed by atoms with van der Waals surface area (Å²) < 4.78 is 12.6. The second kappa shape index (κ2) is 15.4. The maximum Gasteiger partial charge on any atom is 0.305 e. The molecule has 4 N–H and O–H groups in total. The number of aliphatic carboxylic acids is 1. The number of ether oxygens (including phenoxy) is 2. The third-order valence-corrected chi connectivity index (χ3v) is 9.39. The van der Waals surface area contributed by atoms with E-state index in [4.69, 9.17) is 14.6 Å². The lowest BCUT2D eigenvalue weighted by atomic mass is 9.76. The van der Waals surface area contributed by atoms with E-state index in [0.717, 1.165) is 18.4 Å². The van der Waals surface area contributed by atoms with Gasteiger partial charge in [0.15, 0.2) is 6.10 Å². The van der Waals surface area contributed by atoms with Crippen LogP contribution >= 0.6 is 0 Å². The van der Waals surface area contributed by atoms with E-state index in [0.29, 0.717) is 40.1 Å². The van der Waals surface area contributed by atoms with Gasteiger partial charge in [0.2, 0.25) is 0 Å². The summed E-state index contributed by atoms with van der Waals surface area (Å²) in [6.07, 6.45) is 1.43. The fourth-order valence-corrected chi connectivity index (χ4v) is 5.37. The minimum atomic E-state index is -1.05. The zero-order valence-corrected chi connectivity index (χ0v) is 29.5. The van der Waals surface area contributed by atoms with Crippen molar-refractivity contribution in [2.75, 3.05) is 11.9 Å². The number of carboxylic acid groups (broad SMARTS) is 1. The van der Waals surface area contributed by atoms with E-state index < -0.39 is 18.0 Å². The average molecular weight is 669 g/mol. The summed E-state index contributed by atoms with van der Waals surface area (Å²) in [5.74, 6) is -0.681. The second-order valence-electron chi connectivity index (χ2n) is 13.5. The SMILES string of the molecule is CCC(Oc1ccc(C(C)(C)CC)cc1C(C)(C)CC)C(=O)Nc1ccc(Oc2cc(C(=O)NCCC(=O)O)c(O)c3ccccc23)cc1.